The van der Waals surface area contributed by atoms with Crippen molar-refractivity contribution in [1.82, 2.24) is 0 Å². The van der Waals surface area contributed by atoms with Crippen molar-refractivity contribution in [3.05, 3.63) is 12.2 Å². The van der Waals surface area contributed by atoms with Gasteiger partial charge in [-0.3, -0.25) is 0 Å². The van der Waals surface area contributed by atoms with E-state index < -0.39 is 36.4 Å². The molecule has 1 saturated heterocycles. The van der Waals surface area contributed by atoms with Gasteiger partial charge in [0.2, 0.25) is 0 Å². The summed E-state index contributed by atoms with van der Waals surface area (Å²) in [5, 5.41) is 0. The molecule has 6 nitrogen and oxygen atoms in total. The van der Waals surface area contributed by atoms with Gasteiger partial charge in [-0.05, 0) is 45.6 Å². The molecule has 1 rings (SSSR count). The molecule has 0 aromatic heterocycles. The molecule has 0 amide bonds. The minimum absolute atomic E-state index is 0.349. The second kappa shape index (κ2) is 8.52. The highest BCUT2D eigenvalue weighted by molar-refractivity contribution is 6.81. The van der Waals surface area contributed by atoms with Gasteiger partial charge < -0.3 is 21.2 Å². The maximum Gasteiger partial charge on any atom is 0.333 e. The zero-order valence-electron chi connectivity index (χ0n) is 13.5. The van der Waals surface area contributed by atoms with Gasteiger partial charge >= 0.3 is 14.5 Å². The molecular formula is C11H26O6Si4. The Bertz CT molecular complexity index is 366. The van der Waals surface area contributed by atoms with Gasteiger partial charge in [-0.1, -0.05) is 6.58 Å². The molecule has 2 atom stereocenters. The number of rotatable bonds is 5. The number of hydrogen-bond acceptors (Lipinski definition) is 6. The molecule has 1 fully saturated rings. The van der Waals surface area contributed by atoms with Gasteiger partial charge in [-0.2, -0.15) is 0 Å². The van der Waals surface area contributed by atoms with Crippen LogP contribution in [0.5, 0.6) is 0 Å². The lowest BCUT2D eigenvalue weighted by molar-refractivity contribution is -0.138. The highest BCUT2D eigenvalue weighted by Crippen LogP contribution is 2.21. The van der Waals surface area contributed by atoms with Crippen molar-refractivity contribution >= 4 is 42.4 Å². The Balaban J connectivity index is 2.46. The summed E-state index contributed by atoms with van der Waals surface area (Å²) < 4.78 is 29.1. The molecule has 0 aliphatic carbocycles. The highest BCUT2D eigenvalue weighted by atomic mass is 28.5. The van der Waals surface area contributed by atoms with Crippen LogP contribution in [0.2, 0.25) is 32.2 Å². The normalized spacial score (nSPS) is 33.9. The Kier molecular flexibility index (Phi) is 7.70. The summed E-state index contributed by atoms with van der Waals surface area (Å²) in [6.45, 7) is 13.6. The van der Waals surface area contributed by atoms with E-state index in [1.807, 2.05) is 26.2 Å². The van der Waals surface area contributed by atoms with Gasteiger partial charge in [-0.25, -0.2) is 4.79 Å². The average molecular weight is 367 g/mol. The molecule has 2 unspecified atom stereocenters. The minimum Gasteiger partial charge on any atom is -0.462 e. The largest absolute Gasteiger partial charge is 0.462 e. The van der Waals surface area contributed by atoms with Crippen LogP contribution in [-0.4, -0.2) is 49.0 Å². The Labute approximate surface area is 133 Å². The SMILES string of the molecule is C=C(C)C(=O)OCCC[Si]1(C)O[SiH](C)O[SiH](C)O[SiH](C)O1. The van der Waals surface area contributed by atoms with E-state index in [1.54, 1.807) is 6.92 Å². The Morgan fingerprint density at radius 2 is 1.67 bits per heavy atom. The van der Waals surface area contributed by atoms with Crippen LogP contribution in [0.15, 0.2) is 12.2 Å². The van der Waals surface area contributed by atoms with Crippen molar-refractivity contribution in [2.45, 2.75) is 45.6 Å². The quantitative estimate of drug-likeness (QED) is 0.315. The van der Waals surface area contributed by atoms with Gasteiger partial charge in [0.15, 0.2) is 0 Å². The van der Waals surface area contributed by atoms with Crippen molar-refractivity contribution in [3.63, 3.8) is 0 Å². The molecule has 21 heavy (non-hydrogen) atoms. The van der Waals surface area contributed by atoms with Crippen LogP contribution in [0.3, 0.4) is 0 Å². The third-order valence-electron chi connectivity index (χ3n) is 2.95. The summed E-state index contributed by atoms with van der Waals surface area (Å²) in [5.74, 6) is -0.349. The first kappa shape index (κ1) is 19.0. The van der Waals surface area contributed by atoms with Gasteiger partial charge in [0.05, 0.1) is 6.61 Å². The van der Waals surface area contributed by atoms with E-state index in [-0.39, 0.29) is 5.97 Å². The van der Waals surface area contributed by atoms with Crippen molar-refractivity contribution in [3.8, 4) is 0 Å². The number of esters is 1. The molecule has 1 aliphatic rings. The van der Waals surface area contributed by atoms with Crippen molar-refractivity contribution in [2.24, 2.45) is 0 Å². The van der Waals surface area contributed by atoms with Crippen LogP contribution in [-0.2, 0) is 26.0 Å². The molecule has 0 aromatic rings. The first-order chi connectivity index (χ1) is 9.72. The first-order valence-electron chi connectivity index (χ1n) is 7.21. The Hall–Kier alpha value is -0.0825. The second-order valence-corrected chi connectivity index (χ2v) is 15.6. The van der Waals surface area contributed by atoms with E-state index in [0.29, 0.717) is 12.2 Å². The Morgan fingerprint density at radius 1 is 1.14 bits per heavy atom. The van der Waals surface area contributed by atoms with Gasteiger partial charge in [0.1, 0.15) is 0 Å². The van der Waals surface area contributed by atoms with Crippen LogP contribution in [0.1, 0.15) is 13.3 Å². The van der Waals surface area contributed by atoms with E-state index in [1.165, 1.54) is 0 Å². The third-order valence-corrected chi connectivity index (χ3v) is 17.0. The maximum absolute atomic E-state index is 11.3. The van der Waals surface area contributed by atoms with Gasteiger partial charge in [0, 0.05) is 5.57 Å². The van der Waals surface area contributed by atoms with E-state index in [4.69, 9.17) is 21.2 Å². The number of carbonyl (C=O) groups is 1. The molecule has 1 aliphatic heterocycles. The lowest BCUT2D eigenvalue weighted by atomic mass is 10.4. The lowest BCUT2D eigenvalue weighted by Gasteiger charge is -2.37. The van der Waals surface area contributed by atoms with Gasteiger partial charge in [0.25, 0.3) is 27.9 Å². The lowest BCUT2D eigenvalue weighted by Crippen LogP contribution is -2.53. The topological polar surface area (TPSA) is 63.2 Å². The fraction of sp³-hybridized carbons (Fsp3) is 0.727. The molecule has 0 bridgehead atoms. The summed E-state index contributed by atoms with van der Waals surface area (Å²) in [4.78, 5) is 11.3. The molecule has 0 aromatic carbocycles. The van der Waals surface area contributed by atoms with Crippen molar-refractivity contribution in [2.75, 3.05) is 6.61 Å². The molecule has 122 valence electrons. The first-order valence-corrected chi connectivity index (χ1v) is 16.0. The summed E-state index contributed by atoms with van der Waals surface area (Å²) in [6, 6.07) is 0.772. The average Bonchev–Trinajstić information content (AvgIpc) is 2.31. The van der Waals surface area contributed by atoms with E-state index in [2.05, 4.69) is 6.58 Å². The summed E-state index contributed by atoms with van der Waals surface area (Å²) in [5.41, 5.74) is 0.416. The Morgan fingerprint density at radius 3 is 2.14 bits per heavy atom. The van der Waals surface area contributed by atoms with Crippen molar-refractivity contribution < 1.29 is 26.0 Å². The van der Waals surface area contributed by atoms with Crippen molar-refractivity contribution in [1.29, 1.82) is 0 Å². The summed E-state index contributed by atoms with van der Waals surface area (Å²) in [6.07, 6.45) is 0.719. The van der Waals surface area contributed by atoms with Crippen LogP contribution >= 0.6 is 0 Å². The molecule has 0 radical (unpaired) electrons. The standard InChI is InChI=1S/C11H26O6Si4/c1-10(2)11(12)13-8-7-9-21(6)16-19(4)14-18(3)15-20(5)17-21/h18-20H,1,7-9H2,2-6H3. The molecule has 0 saturated carbocycles. The molecular weight excluding hydrogens is 340 g/mol. The van der Waals surface area contributed by atoms with Crippen LogP contribution in [0.25, 0.3) is 0 Å². The smallest absolute Gasteiger partial charge is 0.333 e. The number of carbonyl (C=O) groups excluding carboxylic acids is 1. The second-order valence-electron chi connectivity index (χ2n) is 5.36. The van der Waals surface area contributed by atoms with E-state index in [9.17, 15) is 4.79 Å². The van der Waals surface area contributed by atoms with E-state index in [0.717, 1.165) is 12.5 Å². The summed E-state index contributed by atoms with van der Waals surface area (Å²) in [7, 11) is -7.26. The zero-order chi connectivity index (χ0) is 16.0. The predicted octanol–water partition coefficient (Wildman–Crippen LogP) is 1.20. The minimum atomic E-state index is -2.29. The monoisotopic (exact) mass is 366 g/mol. The van der Waals surface area contributed by atoms with Crippen LogP contribution < -0.4 is 0 Å². The highest BCUT2D eigenvalue weighted by Gasteiger charge is 2.39. The molecule has 10 heteroatoms. The number of ether oxygens (including phenoxy) is 1. The maximum atomic E-state index is 11.3. The van der Waals surface area contributed by atoms with E-state index >= 15 is 0 Å². The van der Waals surface area contributed by atoms with Crippen LogP contribution in [0.4, 0.5) is 0 Å². The molecule has 0 N–H and O–H groups in total. The van der Waals surface area contributed by atoms with Gasteiger partial charge in [-0.15, -0.1) is 0 Å². The fourth-order valence-corrected chi connectivity index (χ4v) is 16.8. The zero-order valence-corrected chi connectivity index (χ0v) is 18.0. The number of hydrogen-bond donors (Lipinski definition) is 0. The summed E-state index contributed by atoms with van der Waals surface area (Å²) >= 11 is 0. The predicted molar refractivity (Wildman–Crippen MR) is 90.2 cm³/mol. The molecule has 0 spiro atoms. The van der Waals surface area contributed by atoms with Crippen LogP contribution in [0, 0.1) is 0 Å². The fourth-order valence-electron chi connectivity index (χ4n) is 2.16. The molecule has 1 heterocycles. The third kappa shape index (κ3) is 7.14.